The molecule has 2 rings (SSSR count). The van der Waals surface area contributed by atoms with Crippen LogP contribution in [0.15, 0.2) is 12.1 Å². The van der Waals surface area contributed by atoms with Crippen molar-refractivity contribution in [3.05, 3.63) is 21.3 Å². The Hall–Kier alpha value is -1.07. The lowest BCUT2D eigenvalue weighted by Crippen LogP contribution is -2.32. The second kappa shape index (κ2) is 5.71. The number of rotatable bonds is 4. The maximum Gasteiger partial charge on any atom is 0.225 e. The van der Waals surface area contributed by atoms with E-state index in [1.54, 1.807) is 4.90 Å². The van der Waals surface area contributed by atoms with Gasteiger partial charge in [-0.1, -0.05) is 11.6 Å². The zero-order chi connectivity index (χ0) is 13.1. The van der Waals surface area contributed by atoms with Gasteiger partial charge in [-0.15, -0.1) is 11.3 Å². The zero-order valence-electron chi connectivity index (χ0n) is 10.1. The van der Waals surface area contributed by atoms with Gasteiger partial charge in [-0.05, 0) is 19.1 Å². The molecule has 1 atom stereocenters. The standard InChI is InChI=1S/C12H15ClN2O2S/c1-2-15-7-8(5-11(15)16)12(17)14-6-9-3-4-10(13)18-9/h3-4,8H,2,5-7H2,1H3,(H,14,17)/t8-/m0/s1. The Morgan fingerprint density at radius 3 is 2.94 bits per heavy atom. The number of thiophene rings is 1. The molecule has 0 aliphatic carbocycles. The lowest BCUT2D eigenvalue weighted by Gasteiger charge is -2.13. The first-order valence-corrected chi connectivity index (χ1v) is 7.09. The van der Waals surface area contributed by atoms with Crippen molar-refractivity contribution in [1.29, 1.82) is 0 Å². The summed E-state index contributed by atoms with van der Waals surface area (Å²) in [6.07, 6.45) is 0.324. The third kappa shape index (κ3) is 3.03. The van der Waals surface area contributed by atoms with Crippen LogP contribution in [0.1, 0.15) is 18.2 Å². The molecule has 6 heteroatoms. The predicted octanol–water partition coefficient (Wildman–Crippen LogP) is 1.89. The van der Waals surface area contributed by atoms with E-state index >= 15 is 0 Å². The molecule has 1 fully saturated rings. The molecule has 1 saturated heterocycles. The van der Waals surface area contributed by atoms with E-state index in [-0.39, 0.29) is 17.7 Å². The molecule has 0 spiro atoms. The first-order chi connectivity index (χ1) is 8.60. The van der Waals surface area contributed by atoms with E-state index in [1.165, 1.54) is 11.3 Å². The van der Waals surface area contributed by atoms with E-state index in [0.717, 1.165) is 4.88 Å². The molecular formula is C12H15ClN2O2S. The van der Waals surface area contributed by atoms with Crippen LogP contribution in [0.25, 0.3) is 0 Å². The van der Waals surface area contributed by atoms with Gasteiger partial charge in [0.1, 0.15) is 0 Å². The number of halogens is 1. The van der Waals surface area contributed by atoms with Gasteiger partial charge in [0.15, 0.2) is 0 Å². The maximum atomic E-state index is 11.9. The quantitative estimate of drug-likeness (QED) is 0.919. The van der Waals surface area contributed by atoms with Crippen LogP contribution in [0, 0.1) is 5.92 Å². The summed E-state index contributed by atoms with van der Waals surface area (Å²) in [4.78, 5) is 26.2. The van der Waals surface area contributed by atoms with Crippen LogP contribution in [0.2, 0.25) is 4.34 Å². The van der Waals surface area contributed by atoms with Gasteiger partial charge in [-0.25, -0.2) is 0 Å². The van der Waals surface area contributed by atoms with Gasteiger partial charge in [0.2, 0.25) is 11.8 Å². The lowest BCUT2D eigenvalue weighted by atomic mass is 10.1. The molecule has 1 aromatic heterocycles. The molecule has 0 unspecified atom stereocenters. The number of carbonyl (C=O) groups is 2. The highest BCUT2D eigenvalue weighted by atomic mass is 35.5. The molecule has 0 aromatic carbocycles. The molecule has 1 aliphatic heterocycles. The largest absolute Gasteiger partial charge is 0.351 e. The van der Waals surface area contributed by atoms with Crippen molar-refractivity contribution in [1.82, 2.24) is 10.2 Å². The summed E-state index contributed by atoms with van der Waals surface area (Å²) < 4.78 is 0.715. The summed E-state index contributed by atoms with van der Waals surface area (Å²) in [5.74, 6) is -0.200. The van der Waals surface area contributed by atoms with Crippen molar-refractivity contribution < 1.29 is 9.59 Å². The van der Waals surface area contributed by atoms with E-state index in [2.05, 4.69) is 5.32 Å². The van der Waals surface area contributed by atoms with Gasteiger partial charge in [0, 0.05) is 24.4 Å². The van der Waals surface area contributed by atoms with Gasteiger partial charge in [-0.2, -0.15) is 0 Å². The van der Waals surface area contributed by atoms with E-state index in [4.69, 9.17) is 11.6 Å². The maximum absolute atomic E-state index is 11.9. The van der Waals surface area contributed by atoms with Crippen LogP contribution in [-0.2, 0) is 16.1 Å². The normalized spacial score (nSPS) is 19.3. The summed E-state index contributed by atoms with van der Waals surface area (Å²) in [5, 5.41) is 2.85. The summed E-state index contributed by atoms with van der Waals surface area (Å²) in [7, 11) is 0. The smallest absolute Gasteiger partial charge is 0.225 e. The van der Waals surface area contributed by atoms with Crippen LogP contribution in [0.4, 0.5) is 0 Å². The summed E-state index contributed by atoms with van der Waals surface area (Å²) in [6, 6.07) is 3.71. The van der Waals surface area contributed by atoms with Crippen LogP contribution in [0.3, 0.4) is 0 Å². The van der Waals surface area contributed by atoms with Crippen molar-refractivity contribution in [2.24, 2.45) is 5.92 Å². The molecule has 1 N–H and O–H groups in total. The lowest BCUT2D eigenvalue weighted by molar-refractivity contribution is -0.128. The molecule has 98 valence electrons. The topological polar surface area (TPSA) is 49.4 Å². The Balaban J connectivity index is 1.84. The first kappa shape index (κ1) is 13.4. The fourth-order valence-electron chi connectivity index (χ4n) is 2.02. The molecule has 0 saturated carbocycles. The molecule has 2 amide bonds. The Morgan fingerprint density at radius 1 is 1.61 bits per heavy atom. The van der Waals surface area contributed by atoms with E-state index < -0.39 is 0 Å². The Bertz CT molecular complexity index is 461. The van der Waals surface area contributed by atoms with Crippen molar-refractivity contribution in [2.75, 3.05) is 13.1 Å². The first-order valence-electron chi connectivity index (χ1n) is 5.90. The summed E-state index contributed by atoms with van der Waals surface area (Å²) >= 11 is 7.27. The minimum absolute atomic E-state index is 0.0520. The van der Waals surface area contributed by atoms with Crippen LogP contribution < -0.4 is 5.32 Å². The summed E-state index contributed by atoms with van der Waals surface area (Å²) in [6.45, 7) is 3.61. The number of nitrogens with one attached hydrogen (secondary N) is 1. The average molecular weight is 287 g/mol. The second-order valence-corrected chi connectivity index (χ2v) is 6.06. The van der Waals surface area contributed by atoms with Gasteiger partial charge in [0.05, 0.1) is 16.8 Å². The van der Waals surface area contributed by atoms with Gasteiger partial charge in [0.25, 0.3) is 0 Å². The van der Waals surface area contributed by atoms with Crippen molar-refractivity contribution in [3.63, 3.8) is 0 Å². The number of nitrogens with zero attached hydrogens (tertiary/aromatic N) is 1. The summed E-state index contributed by atoms with van der Waals surface area (Å²) in [5.41, 5.74) is 0. The Morgan fingerprint density at radius 2 is 2.39 bits per heavy atom. The molecule has 4 nitrogen and oxygen atoms in total. The molecule has 0 radical (unpaired) electrons. The van der Waals surface area contributed by atoms with Crippen LogP contribution >= 0.6 is 22.9 Å². The number of hydrogen-bond donors (Lipinski definition) is 1. The van der Waals surface area contributed by atoms with Crippen LogP contribution in [0.5, 0.6) is 0 Å². The highest BCUT2D eigenvalue weighted by molar-refractivity contribution is 7.16. The molecule has 2 heterocycles. The minimum atomic E-state index is -0.215. The number of amides is 2. The van der Waals surface area contributed by atoms with Gasteiger partial charge >= 0.3 is 0 Å². The van der Waals surface area contributed by atoms with Crippen molar-refractivity contribution in [2.45, 2.75) is 19.9 Å². The SMILES string of the molecule is CCN1C[C@@H](C(=O)NCc2ccc(Cl)s2)CC1=O. The molecular weight excluding hydrogens is 272 g/mol. The monoisotopic (exact) mass is 286 g/mol. The highest BCUT2D eigenvalue weighted by Crippen LogP contribution is 2.22. The zero-order valence-corrected chi connectivity index (χ0v) is 11.7. The predicted molar refractivity (Wildman–Crippen MR) is 71.5 cm³/mol. The van der Waals surface area contributed by atoms with Gasteiger partial charge in [-0.3, -0.25) is 9.59 Å². The molecule has 18 heavy (non-hydrogen) atoms. The second-order valence-electron chi connectivity index (χ2n) is 4.26. The van der Waals surface area contributed by atoms with Gasteiger partial charge < -0.3 is 10.2 Å². The number of carbonyl (C=O) groups excluding carboxylic acids is 2. The molecule has 1 aromatic rings. The van der Waals surface area contributed by atoms with Crippen LogP contribution in [-0.4, -0.2) is 29.8 Å². The number of hydrogen-bond acceptors (Lipinski definition) is 3. The van der Waals surface area contributed by atoms with E-state index in [0.29, 0.717) is 30.4 Å². The molecule has 1 aliphatic rings. The Kier molecular flexibility index (Phi) is 4.24. The third-order valence-corrected chi connectivity index (χ3v) is 4.26. The van der Waals surface area contributed by atoms with E-state index in [9.17, 15) is 9.59 Å². The molecule has 0 bridgehead atoms. The fourth-order valence-corrected chi connectivity index (χ4v) is 3.05. The van der Waals surface area contributed by atoms with E-state index in [1.807, 2.05) is 19.1 Å². The average Bonchev–Trinajstić information content (AvgIpc) is 2.92. The van der Waals surface area contributed by atoms with Crippen molar-refractivity contribution in [3.8, 4) is 0 Å². The minimum Gasteiger partial charge on any atom is -0.351 e. The highest BCUT2D eigenvalue weighted by Gasteiger charge is 2.33. The number of likely N-dealkylation sites (tertiary alicyclic amines) is 1. The van der Waals surface area contributed by atoms with Crippen molar-refractivity contribution >= 4 is 34.8 Å². The fraction of sp³-hybridized carbons (Fsp3) is 0.500. The third-order valence-electron chi connectivity index (χ3n) is 3.03. The Labute approximate surface area is 115 Å².